The van der Waals surface area contributed by atoms with E-state index in [1.165, 1.54) is 11.6 Å². The Labute approximate surface area is 122 Å². The van der Waals surface area contributed by atoms with E-state index in [1.807, 2.05) is 24.3 Å². The van der Waals surface area contributed by atoms with Gasteiger partial charge in [-0.05, 0) is 23.6 Å². The largest absolute Gasteiger partial charge is 0.390 e. The lowest BCUT2D eigenvalue weighted by Gasteiger charge is -2.06. The molecule has 0 fully saturated rings. The van der Waals surface area contributed by atoms with Crippen molar-refractivity contribution < 1.29 is 9.50 Å². The van der Waals surface area contributed by atoms with Crippen LogP contribution in [-0.4, -0.2) is 14.5 Å². The van der Waals surface area contributed by atoms with Crippen LogP contribution in [0.2, 0.25) is 0 Å². The molecule has 0 aliphatic rings. The Morgan fingerprint density at radius 1 is 1.19 bits per heavy atom. The number of aliphatic hydroxyl groups is 1. The van der Waals surface area contributed by atoms with Crippen LogP contribution in [0.5, 0.6) is 0 Å². The number of pyridine rings is 1. The van der Waals surface area contributed by atoms with Crippen molar-refractivity contribution in [1.82, 2.24) is 9.38 Å². The number of aromatic nitrogens is 2. The summed E-state index contributed by atoms with van der Waals surface area (Å²) in [5, 5.41) is 9.62. The Balaban J connectivity index is 2.17. The topological polar surface area (TPSA) is 37.5 Å². The van der Waals surface area contributed by atoms with Crippen LogP contribution in [0.3, 0.4) is 0 Å². The van der Waals surface area contributed by atoms with E-state index in [-0.39, 0.29) is 12.3 Å². The van der Waals surface area contributed by atoms with E-state index in [4.69, 9.17) is 0 Å². The minimum absolute atomic E-state index is 0.189. The Morgan fingerprint density at radius 2 is 1.90 bits per heavy atom. The van der Waals surface area contributed by atoms with Crippen LogP contribution in [-0.2, 0) is 6.61 Å². The molecule has 0 atom stereocenters. The summed E-state index contributed by atoms with van der Waals surface area (Å²) in [6.45, 7) is 4.08. The van der Waals surface area contributed by atoms with Gasteiger partial charge >= 0.3 is 0 Å². The molecule has 0 amide bonds. The smallest absolute Gasteiger partial charge is 0.174 e. The standard InChI is InChI=1S/C17H17FN2O/c1-11(2)12-5-7-13(8-6-12)16-15(10-21)20-9-3-4-14(18)17(20)19-16/h3-9,11,21H,10H2,1-2H3. The second-order valence-electron chi connectivity index (χ2n) is 5.39. The highest BCUT2D eigenvalue weighted by atomic mass is 19.1. The molecule has 2 aromatic heterocycles. The minimum atomic E-state index is -0.391. The van der Waals surface area contributed by atoms with Crippen molar-refractivity contribution in [3.63, 3.8) is 0 Å². The maximum Gasteiger partial charge on any atom is 0.174 e. The molecule has 2 heterocycles. The molecule has 0 aliphatic heterocycles. The van der Waals surface area contributed by atoms with Crippen LogP contribution < -0.4 is 0 Å². The summed E-state index contributed by atoms with van der Waals surface area (Å²) >= 11 is 0. The van der Waals surface area contributed by atoms with Gasteiger partial charge in [0.1, 0.15) is 0 Å². The molecule has 21 heavy (non-hydrogen) atoms. The van der Waals surface area contributed by atoms with Crippen LogP contribution in [0.15, 0.2) is 42.6 Å². The van der Waals surface area contributed by atoms with Gasteiger partial charge in [-0.2, -0.15) is 0 Å². The lowest BCUT2D eigenvalue weighted by Crippen LogP contribution is -1.95. The lowest BCUT2D eigenvalue weighted by atomic mass is 10.0. The third kappa shape index (κ3) is 2.32. The quantitative estimate of drug-likeness (QED) is 0.795. The molecule has 0 saturated carbocycles. The molecule has 4 heteroatoms. The summed E-state index contributed by atoms with van der Waals surface area (Å²) in [6.07, 6.45) is 1.71. The van der Waals surface area contributed by atoms with Gasteiger partial charge in [-0.3, -0.25) is 4.40 Å². The Bertz CT molecular complexity index is 775. The van der Waals surface area contributed by atoms with E-state index < -0.39 is 5.82 Å². The summed E-state index contributed by atoms with van der Waals surface area (Å²) in [6, 6.07) is 11.0. The lowest BCUT2D eigenvalue weighted by molar-refractivity contribution is 0.276. The molecular formula is C17H17FN2O. The SMILES string of the molecule is CC(C)c1ccc(-c2nc3c(F)cccn3c2CO)cc1. The zero-order valence-corrected chi connectivity index (χ0v) is 12.0. The number of halogens is 1. The van der Waals surface area contributed by atoms with Crippen molar-refractivity contribution >= 4 is 5.65 Å². The van der Waals surface area contributed by atoms with Crippen molar-refractivity contribution in [2.45, 2.75) is 26.4 Å². The van der Waals surface area contributed by atoms with Crippen LogP contribution in [0.25, 0.3) is 16.9 Å². The molecule has 3 aromatic rings. The third-order valence-corrected chi connectivity index (χ3v) is 3.70. The summed E-state index contributed by atoms with van der Waals surface area (Å²) in [5.74, 6) is 0.0622. The summed E-state index contributed by atoms with van der Waals surface area (Å²) in [7, 11) is 0. The first-order valence-electron chi connectivity index (χ1n) is 6.98. The van der Waals surface area contributed by atoms with Crippen molar-refractivity contribution in [3.05, 3.63) is 59.7 Å². The van der Waals surface area contributed by atoms with Crippen molar-refractivity contribution in [2.75, 3.05) is 0 Å². The highest BCUT2D eigenvalue weighted by Gasteiger charge is 2.15. The van der Waals surface area contributed by atoms with Gasteiger partial charge < -0.3 is 5.11 Å². The van der Waals surface area contributed by atoms with E-state index in [9.17, 15) is 9.50 Å². The number of fused-ring (bicyclic) bond motifs is 1. The first-order chi connectivity index (χ1) is 10.1. The van der Waals surface area contributed by atoms with Gasteiger partial charge in [0.05, 0.1) is 18.0 Å². The predicted molar refractivity (Wildman–Crippen MR) is 80.6 cm³/mol. The van der Waals surface area contributed by atoms with Gasteiger partial charge in [0.2, 0.25) is 0 Å². The van der Waals surface area contributed by atoms with Gasteiger partial charge in [0.15, 0.2) is 11.5 Å². The molecule has 0 aliphatic carbocycles. The second kappa shape index (κ2) is 5.30. The fraction of sp³-hybridized carbons (Fsp3) is 0.235. The van der Waals surface area contributed by atoms with Crippen molar-refractivity contribution in [2.24, 2.45) is 0 Å². The molecule has 1 N–H and O–H groups in total. The van der Waals surface area contributed by atoms with Crippen LogP contribution >= 0.6 is 0 Å². The molecule has 0 spiro atoms. The maximum absolute atomic E-state index is 13.8. The summed E-state index contributed by atoms with van der Waals surface area (Å²) in [5.41, 5.74) is 3.58. The number of benzene rings is 1. The van der Waals surface area contributed by atoms with Gasteiger partial charge in [-0.25, -0.2) is 9.37 Å². The molecule has 0 bridgehead atoms. The number of hydrogen-bond acceptors (Lipinski definition) is 2. The van der Waals surface area contributed by atoms with E-state index >= 15 is 0 Å². The zero-order chi connectivity index (χ0) is 15.0. The van der Waals surface area contributed by atoms with Crippen LogP contribution in [0.1, 0.15) is 31.0 Å². The van der Waals surface area contributed by atoms with E-state index in [0.29, 0.717) is 17.3 Å². The number of rotatable bonds is 3. The van der Waals surface area contributed by atoms with Gasteiger partial charge in [0, 0.05) is 11.8 Å². The highest BCUT2D eigenvalue weighted by molar-refractivity contribution is 5.67. The fourth-order valence-corrected chi connectivity index (χ4v) is 2.49. The first-order valence-corrected chi connectivity index (χ1v) is 6.98. The van der Waals surface area contributed by atoms with Gasteiger partial charge in [-0.15, -0.1) is 0 Å². The molecule has 1 aromatic carbocycles. The third-order valence-electron chi connectivity index (χ3n) is 3.70. The monoisotopic (exact) mass is 284 g/mol. The molecule has 3 nitrogen and oxygen atoms in total. The van der Waals surface area contributed by atoms with Gasteiger partial charge in [0.25, 0.3) is 0 Å². The summed E-state index contributed by atoms with van der Waals surface area (Å²) < 4.78 is 15.4. The van der Waals surface area contributed by atoms with Crippen LogP contribution in [0, 0.1) is 5.82 Å². The van der Waals surface area contributed by atoms with E-state index in [1.54, 1.807) is 16.7 Å². The molecule has 0 unspecified atom stereocenters. The number of hydrogen-bond donors (Lipinski definition) is 1. The molecule has 108 valence electrons. The Hall–Kier alpha value is -2.20. The van der Waals surface area contributed by atoms with Gasteiger partial charge in [-0.1, -0.05) is 38.1 Å². The van der Waals surface area contributed by atoms with Crippen molar-refractivity contribution in [3.8, 4) is 11.3 Å². The van der Waals surface area contributed by atoms with E-state index in [2.05, 4.69) is 18.8 Å². The van der Waals surface area contributed by atoms with Crippen molar-refractivity contribution in [1.29, 1.82) is 0 Å². The molecule has 0 saturated heterocycles. The Kier molecular flexibility index (Phi) is 3.47. The number of nitrogens with zero attached hydrogens (tertiary/aromatic N) is 2. The minimum Gasteiger partial charge on any atom is -0.390 e. The average Bonchev–Trinajstić information content (AvgIpc) is 2.87. The van der Waals surface area contributed by atoms with E-state index in [0.717, 1.165) is 5.56 Å². The zero-order valence-electron chi connectivity index (χ0n) is 12.0. The van der Waals surface area contributed by atoms with Crippen LogP contribution in [0.4, 0.5) is 4.39 Å². The number of imidazole rings is 1. The normalized spacial score (nSPS) is 11.5. The predicted octanol–water partition coefficient (Wildman–Crippen LogP) is 3.76. The molecule has 0 radical (unpaired) electrons. The Morgan fingerprint density at radius 3 is 2.52 bits per heavy atom. The average molecular weight is 284 g/mol. The first kappa shape index (κ1) is 13.8. The highest BCUT2D eigenvalue weighted by Crippen LogP contribution is 2.27. The second-order valence-corrected chi connectivity index (χ2v) is 5.39. The maximum atomic E-state index is 13.8. The summed E-state index contributed by atoms with van der Waals surface area (Å²) in [4.78, 5) is 4.36. The fourth-order valence-electron chi connectivity index (χ4n) is 2.49. The number of aliphatic hydroxyl groups excluding tert-OH is 1. The molecular weight excluding hydrogens is 267 g/mol. The molecule has 3 rings (SSSR count).